The highest BCUT2D eigenvalue weighted by Crippen LogP contribution is 2.34. The molecule has 0 aliphatic heterocycles. The third-order valence-electron chi connectivity index (χ3n) is 1.59. The first kappa shape index (κ1) is 9.16. The summed E-state index contributed by atoms with van der Waals surface area (Å²) in [5, 5.41) is 9.81. The lowest BCUT2D eigenvalue weighted by Crippen LogP contribution is -2.00. The van der Waals surface area contributed by atoms with Crippen molar-refractivity contribution in [3.05, 3.63) is 22.7 Å². The average molecular weight is 188 g/mol. The maximum Gasteiger partial charge on any atom is 0.166 e. The molecule has 4 heteroatoms. The Balaban J connectivity index is 3.28. The van der Waals surface area contributed by atoms with Crippen LogP contribution in [0.4, 0.5) is 0 Å². The Morgan fingerprint density at radius 2 is 2.25 bits per heavy atom. The van der Waals surface area contributed by atoms with Crippen LogP contribution in [0.2, 0.25) is 5.02 Å². The predicted octanol–water partition coefficient (Wildman–Crippen LogP) is 1.51. The second-order valence-corrected chi connectivity index (χ2v) is 2.69. The van der Waals surface area contributed by atoms with Gasteiger partial charge in [0.05, 0.1) is 7.11 Å². The quantitative estimate of drug-likeness (QED) is 0.738. The highest BCUT2D eigenvalue weighted by atomic mass is 35.5. The molecule has 0 amide bonds. The van der Waals surface area contributed by atoms with Gasteiger partial charge in [0.15, 0.2) is 11.5 Å². The van der Waals surface area contributed by atoms with Crippen LogP contribution < -0.4 is 10.5 Å². The number of nitrogens with two attached hydrogens (primary N) is 1. The Morgan fingerprint density at radius 1 is 1.58 bits per heavy atom. The Bertz CT molecular complexity index is 260. The zero-order chi connectivity index (χ0) is 9.14. The fourth-order valence-corrected chi connectivity index (χ4v) is 1.24. The molecule has 0 saturated carbocycles. The second-order valence-electron chi connectivity index (χ2n) is 2.28. The number of halogens is 1. The third kappa shape index (κ3) is 1.47. The minimum atomic E-state index is 0.0577. The third-order valence-corrected chi connectivity index (χ3v) is 1.94. The monoisotopic (exact) mass is 187 g/mol. The summed E-state index contributed by atoms with van der Waals surface area (Å²) >= 11 is 5.81. The van der Waals surface area contributed by atoms with E-state index in [4.69, 9.17) is 22.1 Å². The van der Waals surface area contributed by atoms with Gasteiger partial charge in [0.2, 0.25) is 0 Å². The summed E-state index contributed by atoms with van der Waals surface area (Å²) in [7, 11) is 1.46. The van der Waals surface area contributed by atoms with E-state index < -0.39 is 0 Å². The first-order valence-electron chi connectivity index (χ1n) is 3.45. The molecule has 0 heterocycles. The van der Waals surface area contributed by atoms with Gasteiger partial charge >= 0.3 is 0 Å². The van der Waals surface area contributed by atoms with Crippen molar-refractivity contribution in [2.45, 2.75) is 6.54 Å². The van der Waals surface area contributed by atoms with E-state index in [1.807, 2.05) is 0 Å². The van der Waals surface area contributed by atoms with E-state index in [0.29, 0.717) is 16.3 Å². The Morgan fingerprint density at radius 3 is 2.67 bits per heavy atom. The van der Waals surface area contributed by atoms with Gasteiger partial charge in [-0.15, -0.1) is 0 Å². The molecule has 0 fully saturated rings. The van der Waals surface area contributed by atoms with Gasteiger partial charge in [0, 0.05) is 17.1 Å². The van der Waals surface area contributed by atoms with Crippen molar-refractivity contribution in [3.63, 3.8) is 0 Å². The molecule has 0 atom stereocenters. The topological polar surface area (TPSA) is 55.5 Å². The zero-order valence-corrected chi connectivity index (χ0v) is 7.43. The van der Waals surface area contributed by atoms with Crippen LogP contribution in [0.5, 0.6) is 11.5 Å². The molecule has 3 N–H and O–H groups in total. The van der Waals surface area contributed by atoms with Crippen molar-refractivity contribution >= 4 is 11.6 Å². The van der Waals surface area contributed by atoms with Crippen molar-refractivity contribution in [2.24, 2.45) is 5.73 Å². The molecule has 1 aromatic carbocycles. The van der Waals surface area contributed by atoms with Crippen LogP contribution >= 0.6 is 11.6 Å². The van der Waals surface area contributed by atoms with Crippen LogP contribution in [0.1, 0.15) is 5.56 Å². The lowest BCUT2D eigenvalue weighted by atomic mass is 10.2. The second kappa shape index (κ2) is 3.65. The van der Waals surface area contributed by atoms with Gasteiger partial charge < -0.3 is 15.6 Å². The minimum Gasteiger partial charge on any atom is -0.504 e. The molecule has 0 bridgehead atoms. The summed E-state index contributed by atoms with van der Waals surface area (Å²) in [5.74, 6) is 0.410. The minimum absolute atomic E-state index is 0.0577. The molecule has 0 aromatic heterocycles. The van der Waals surface area contributed by atoms with Crippen molar-refractivity contribution in [2.75, 3.05) is 7.11 Å². The normalized spacial score (nSPS) is 9.92. The van der Waals surface area contributed by atoms with Gasteiger partial charge in [-0.1, -0.05) is 11.6 Å². The van der Waals surface area contributed by atoms with Crippen LogP contribution in [0.3, 0.4) is 0 Å². The van der Waals surface area contributed by atoms with Gasteiger partial charge in [-0.25, -0.2) is 0 Å². The van der Waals surface area contributed by atoms with Gasteiger partial charge in [-0.05, 0) is 12.1 Å². The van der Waals surface area contributed by atoms with E-state index >= 15 is 0 Å². The molecular formula is C8H10ClNO2. The van der Waals surface area contributed by atoms with E-state index in [2.05, 4.69) is 0 Å². The molecule has 0 aliphatic carbocycles. The Kier molecular flexibility index (Phi) is 2.78. The molecule has 12 heavy (non-hydrogen) atoms. The Hall–Kier alpha value is -0.930. The predicted molar refractivity (Wildman–Crippen MR) is 47.6 cm³/mol. The van der Waals surface area contributed by atoms with E-state index in [1.54, 1.807) is 6.07 Å². The molecule has 0 radical (unpaired) electrons. The van der Waals surface area contributed by atoms with Crippen LogP contribution in [0, 0.1) is 0 Å². The number of benzene rings is 1. The summed E-state index contributed by atoms with van der Waals surface area (Å²) in [6, 6.07) is 3.06. The van der Waals surface area contributed by atoms with Crippen molar-refractivity contribution in [1.29, 1.82) is 0 Å². The number of hydrogen-bond acceptors (Lipinski definition) is 3. The smallest absolute Gasteiger partial charge is 0.166 e. The van der Waals surface area contributed by atoms with E-state index in [1.165, 1.54) is 13.2 Å². The SMILES string of the molecule is COc1c(O)ccc(Cl)c1CN. The molecule has 66 valence electrons. The van der Waals surface area contributed by atoms with Crippen molar-refractivity contribution in [1.82, 2.24) is 0 Å². The molecule has 1 rings (SSSR count). The molecule has 0 saturated heterocycles. The van der Waals surface area contributed by atoms with Gasteiger partial charge in [-0.3, -0.25) is 0 Å². The first-order valence-corrected chi connectivity index (χ1v) is 3.83. The summed E-state index contributed by atoms with van der Waals surface area (Å²) in [6.45, 7) is 0.246. The number of phenolic OH excluding ortho intramolecular Hbond substituents is 1. The molecular weight excluding hydrogens is 178 g/mol. The molecule has 3 nitrogen and oxygen atoms in total. The van der Waals surface area contributed by atoms with Gasteiger partial charge in [-0.2, -0.15) is 0 Å². The van der Waals surface area contributed by atoms with E-state index in [-0.39, 0.29) is 12.3 Å². The van der Waals surface area contributed by atoms with Crippen LogP contribution in [-0.4, -0.2) is 12.2 Å². The highest BCUT2D eigenvalue weighted by molar-refractivity contribution is 6.31. The summed E-state index contributed by atoms with van der Waals surface area (Å²) in [4.78, 5) is 0. The highest BCUT2D eigenvalue weighted by Gasteiger charge is 2.10. The van der Waals surface area contributed by atoms with Crippen LogP contribution in [0.25, 0.3) is 0 Å². The number of ether oxygens (including phenoxy) is 1. The number of hydrogen-bond donors (Lipinski definition) is 2. The van der Waals surface area contributed by atoms with Crippen LogP contribution in [-0.2, 0) is 6.54 Å². The molecule has 0 unspecified atom stereocenters. The number of rotatable bonds is 2. The van der Waals surface area contributed by atoms with E-state index in [9.17, 15) is 5.11 Å². The van der Waals surface area contributed by atoms with Crippen molar-refractivity contribution in [3.8, 4) is 11.5 Å². The number of methoxy groups -OCH3 is 1. The molecule has 0 aliphatic rings. The van der Waals surface area contributed by atoms with Crippen LogP contribution in [0.15, 0.2) is 12.1 Å². The standard InChI is InChI=1S/C8H10ClNO2/c1-12-8-5(4-10)6(9)2-3-7(8)11/h2-3,11H,4,10H2,1H3. The number of phenols is 1. The fraction of sp³-hybridized carbons (Fsp3) is 0.250. The summed E-state index contributed by atoms with van der Waals surface area (Å²) in [5.41, 5.74) is 6.04. The zero-order valence-electron chi connectivity index (χ0n) is 6.67. The fourth-order valence-electron chi connectivity index (χ4n) is 1.01. The maximum absolute atomic E-state index is 9.31. The van der Waals surface area contributed by atoms with Gasteiger partial charge in [0.1, 0.15) is 0 Å². The van der Waals surface area contributed by atoms with Crippen molar-refractivity contribution < 1.29 is 9.84 Å². The molecule has 1 aromatic rings. The average Bonchev–Trinajstić information content (AvgIpc) is 2.08. The summed E-state index contributed by atoms with van der Waals surface area (Å²) in [6.07, 6.45) is 0. The molecule has 0 spiro atoms. The number of aromatic hydroxyl groups is 1. The maximum atomic E-state index is 9.31. The largest absolute Gasteiger partial charge is 0.504 e. The van der Waals surface area contributed by atoms with Gasteiger partial charge in [0.25, 0.3) is 0 Å². The summed E-state index contributed by atoms with van der Waals surface area (Å²) < 4.78 is 4.93. The lowest BCUT2D eigenvalue weighted by Gasteiger charge is -2.09. The van der Waals surface area contributed by atoms with E-state index in [0.717, 1.165) is 0 Å². The lowest BCUT2D eigenvalue weighted by molar-refractivity contribution is 0.369. The Labute approximate surface area is 75.7 Å². The first-order chi connectivity index (χ1) is 5.70.